The largest absolute Gasteiger partial charge is 0.508 e. The van der Waals surface area contributed by atoms with E-state index in [-0.39, 0.29) is 75.5 Å². The number of aromatic nitrogens is 1. The highest BCUT2D eigenvalue weighted by atomic mass is 16.4. The van der Waals surface area contributed by atoms with E-state index >= 15 is 0 Å². The number of phenols is 1. The molecule has 1 aliphatic rings. The van der Waals surface area contributed by atoms with Gasteiger partial charge in [0.2, 0.25) is 82.7 Å². The molecule has 1 fully saturated rings. The molecular weight excluding hydrogens is 1400 g/mol. The van der Waals surface area contributed by atoms with Crippen molar-refractivity contribution in [3.8, 4) is 5.75 Å². The zero-order chi connectivity index (χ0) is 79.8. The predicted octanol–water partition coefficient (Wildman–Crippen LogP) is -4.30. The van der Waals surface area contributed by atoms with E-state index in [2.05, 4.69) is 68.8 Å². The van der Waals surface area contributed by atoms with E-state index in [0.717, 1.165) is 0 Å². The van der Waals surface area contributed by atoms with Crippen molar-refractivity contribution in [2.24, 2.45) is 40.7 Å². The predicted molar refractivity (Wildman–Crippen MR) is 385 cm³/mol. The molecule has 2 heterocycles. The number of carbonyl (C=O) groups excluding carboxylic acids is 14. The molecule has 0 unspecified atom stereocenters. The Morgan fingerprint density at radius 3 is 1.65 bits per heavy atom. The monoisotopic (exact) mass is 1500 g/mol. The fraction of sp³-hybridized carbons (Fsp3) is 0.551. The highest BCUT2D eigenvalue weighted by Crippen LogP contribution is 2.22. The number of hydrogen-bond acceptors (Lipinski definition) is 19. The zero-order valence-corrected chi connectivity index (χ0v) is 60.8. The summed E-state index contributed by atoms with van der Waals surface area (Å²) in [5.41, 5.74) is 23.5. The van der Waals surface area contributed by atoms with Crippen LogP contribution in [-0.4, -0.2) is 219 Å². The van der Waals surface area contributed by atoms with Crippen LogP contribution in [0.25, 0.3) is 10.9 Å². The van der Waals surface area contributed by atoms with Crippen molar-refractivity contribution in [1.29, 1.82) is 5.41 Å². The number of nitrogens with zero attached hydrogens (tertiary/aromatic N) is 1. The molecule has 4 rings (SSSR count). The molecule has 3 aromatic rings. The summed E-state index contributed by atoms with van der Waals surface area (Å²) in [6.07, 6.45) is 0.0292. The Labute approximate surface area is 617 Å². The number of hydrogen-bond donors (Lipinski definition) is 21. The number of aromatic amines is 1. The van der Waals surface area contributed by atoms with Gasteiger partial charge in [-0.1, -0.05) is 84.7 Å². The molecule has 38 heteroatoms. The smallest absolute Gasteiger partial charge is 0.326 e. The lowest BCUT2D eigenvalue weighted by molar-refractivity contribution is -0.144. The van der Waals surface area contributed by atoms with Crippen molar-refractivity contribution >= 4 is 112 Å². The Kier molecular flexibility index (Phi) is 35.9. The summed E-state index contributed by atoms with van der Waals surface area (Å²) in [5, 5.41) is 67.2. The quantitative estimate of drug-likeness (QED) is 0.0145. The lowest BCUT2D eigenvalue weighted by Gasteiger charge is -2.28. The molecule has 38 nitrogen and oxygen atoms in total. The standard InChI is InChI=1S/C69H103N19O19/c1-7-36(5)57(65(103)79-34-55(94)82-47(28-38-17-19-40(89)20-18-38)62(100)87-58(37(6)8-2)66(104)85-49(68(106)107)30-52(72)91)86-63(101)48(29-39-31-76-43-15-10-9-13-41(39)43)84-60(98)45(22-24-56(95)96)83-61(99)46(27-35(3)4)81-54(93)32-77-59(97)44(21-23-51(71)90)80-53(92)33-78-64(102)50-16-12-26-88(50)67(105)42(70)14-11-25-75-69(73)74/h9-10,13,15,17-20,31,35-37,42,44-50,57-58,76,89H,7-8,11-12,14,16,21-30,32-34,70H2,1-6H3,(H2,71,90)(H2,72,91)(H,77,97)(H,78,102)(H,79,103)(H,80,92)(H,81,93)(H,82,94)(H,83,99)(H,84,98)(H,85,104)(H,86,101)(H,87,100)(H,95,96)(H,106,107)(H4,73,74,75)/t36-,37-,42-,44-,45-,46-,47-,48-,49-,50-,57-,58-/m0/s1. The third kappa shape index (κ3) is 29.9. The van der Waals surface area contributed by atoms with Crippen molar-refractivity contribution in [3.05, 3.63) is 65.9 Å². The average Bonchev–Trinajstić information content (AvgIpc) is 1.74. The molecule has 107 heavy (non-hydrogen) atoms. The van der Waals surface area contributed by atoms with E-state index in [9.17, 15) is 92.0 Å². The Balaban J connectivity index is 1.52. The van der Waals surface area contributed by atoms with Crippen LogP contribution in [0.4, 0.5) is 0 Å². The van der Waals surface area contributed by atoms with Gasteiger partial charge in [-0.25, -0.2) is 4.79 Å². The maximum Gasteiger partial charge on any atom is 0.326 e. The molecular formula is C69H103N19O19. The van der Waals surface area contributed by atoms with Gasteiger partial charge in [0.05, 0.1) is 32.1 Å². The van der Waals surface area contributed by atoms with Crippen LogP contribution in [0, 0.1) is 23.2 Å². The number of primary amides is 2. The molecule has 0 radical (unpaired) electrons. The van der Waals surface area contributed by atoms with Gasteiger partial charge in [-0.3, -0.25) is 77.3 Å². The molecule has 0 spiro atoms. The van der Waals surface area contributed by atoms with Gasteiger partial charge in [0.15, 0.2) is 5.96 Å². The van der Waals surface area contributed by atoms with E-state index in [1.54, 1.807) is 72.0 Å². The fourth-order valence-electron chi connectivity index (χ4n) is 11.5. The number of amides is 14. The van der Waals surface area contributed by atoms with Crippen molar-refractivity contribution in [3.63, 3.8) is 0 Å². The third-order valence-electron chi connectivity index (χ3n) is 17.8. The number of aromatic hydroxyl groups is 1. The second-order valence-electron chi connectivity index (χ2n) is 26.7. The number of aliphatic carboxylic acids is 2. The lowest BCUT2D eigenvalue weighted by atomic mass is 9.96. The first kappa shape index (κ1) is 87.9. The fourth-order valence-corrected chi connectivity index (χ4v) is 11.5. The minimum absolute atomic E-state index is 0.0953. The van der Waals surface area contributed by atoms with Crippen molar-refractivity contribution in [2.45, 2.75) is 192 Å². The van der Waals surface area contributed by atoms with E-state index in [4.69, 9.17) is 28.3 Å². The minimum Gasteiger partial charge on any atom is -0.508 e. The highest BCUT2D eigenvalue weighted by Gasteiger charge is 2.39. The Morgan fingerprint density at radius 1 is 0.570 bits per heavy atom. The summed E-state index contributed by atoms with van der Waals surface area (Å²) >= 11 is 0. The maximum atomic E-state index is 14.8. The molecule has 588 valence electrons. The number of para-hydroxylation sites is 1. The first-order chi connectivity index (χ1) is 50.5. The number of nitrogens with one attached hydrogen (secondary N) is 14. The SMILES string of the molecule is CC[C@H](C)[C@H](NC(=O)[C@H](Cc1c[nH]c2ccccc12)NC(=O)[C@H](CCC(=O)O)NC(=O)[C@H](CC(C)C)NC(=O)CNC(=O)[C@H](CCC(N)=O)NC(=O)CNC(=O)[C@@H]1CCCN1C(=O)[C@@H](N)CCCNC(=N)N)C(=O)NCC(=O)N[C@@H](Cc1ccc(O)cc1)C(=O)N[C@H](C(=O)N[C@@H](CC(N)=O)C(=O)O)[C@@H](C)CC. The van der Waals surface area contributed by atoms with Crippen molar-refractivity contribution in [1.82, 2.24) is 73.7 Å². The van der Waals surface area contributed by atoms with Gasteiger partial charge in [0.1, 0.15) is 60.1 Å². The number of carboxylic acids is 2. The van der Waals surface area contributed by atoms with Gasteiger partial charge in [-0.05, 0) is 92.0 Å². The van der Waals surface area contributed by atoms with E-state index in [1.807, 2.05) is 0 Å². The number of fused-ring (bicyclic) bond motifs is 1. The molecule has 14 amide bonds. The first-order valence-corrected chi connectivity index (χ1v) is 35.2. The normalized spacial score (nSPS) is 15.6. The summed E-state index contributed by atoms with van der Waals surface area (Å²) in [4.78, 5) is 219. The van der Waals surface area contributed by atoms with Crippen LogP contribution >= 0.6 is 0 Å². The number of nitrogens with two attached hydrogens (primary N) is 4. The number of phenolic OH excluding ortho intramolecular Hbond substituents is 1. The van der Waals surface area contributed by atoms with Crippen LogP contribution < -0.4 is 86.7 Å². The van der Waals surface area contributed by atoms with Crippen LogP contribution in [0.5, 0.6) is 5.75 Å². The molecule has 2 aromatic carbocycles. The Bertz CT molecular complexity index is 3660. The first-order valence-electron chi connectivity index (χ1n) is 35.2. The van der Waals surface area contributed by atoms with Gasteiger partial charge >= 0.3 is 11.9 Å². The topological polar surface area (TPSA) is 625 Å². The molecule has 25 N–H and O–H groups in total. The second-order valence-corrected chi connectivity index (χ2v) is 26.7. The summed E-state index contributed by atoms with van der Waals surface area (Å²) in [6.45, 7) is 8.17. The molecule has 12 atom stereocenters. The van der Waals surface area contributed by atoms with Gasteiger partial charge in [0, 0.05) is 55.9 Å². The van der Waals surface area contributed by atoms with Gasteiger partial charge < -0.3 is 112 Å². The van der Waals surface area contributed by atoms with Crippen LogP contribution in [-0.2, 0) is 89.6 Å². The molecule has 1 aliphatic heterocycles. The Morgan fingerprint density at radius 2 is 1.08 bits per heavy atom. The third-order valence-corrected chi connectivity index (χ3v) is 17.8. The zero-order valence-electron chi connectivity index (χ0n) is 60.8. The lowest BCUT2D eigenvalue weighted by Crippen LogP contribution is -2.60. The number of rotatable bonds is 46. The molecule has 0 saturated carbocycles. The highest BCUT2D eigenvalue weighted by molar-refractivity contribution is 6.00. The number of carbonyl (C=O) groups is 16. The van der Waals surface area contributed by atoms with Crippen LogP contribution in [0.3, 0.4) is 0 Å². The summed E-state index contributed by atoms with van der Waals surface area (Å²) in [5.74, 6) is -17.7. The Hall–Kier alpha value is -11.5. The average molecular weight is 1500 g/mol. The molecule has 1 saturated heterocycles. The van der Waals surface area contributed by atoms with Crippen molar-refractivity contribution < 1.29 is 92.0 Å². The number of guanidine groups is 1. The molecule has 1 aromatic heterocycles. The van der Waals surface area contributed by atoms with Crippen LogP contribution in [0.1, 0.15) is 130 Å². The summed E-state index contributed by atoms with van der Waals surface area (Å²) in [6, 6.07) is -1.79. The van der Waals surface area contributed by atoms with Gasteiger partial charge in [-0.15, -0.1) is 0 Å². The molecule has 0 bridgehead atoms. The van der Waals surface area contributed by atoms with Crippen molar-refractivity contribution in [2.75, 3.05) is 32.7 Å². The number of carboxylic acid groups (broad SMARTS) is 2. The second kappa shape index (κ2) is 43.7. The number of H-pyrrole nitrogens is 1. The summed E-state index contributed by atoms with van der Waals surface area (Å²) in [7, 11) is 0. The van der Waals surface area contributed by atoms with Gasteiger partial charge in [0.25, 0.3) is 0 Å². The van der Waals surface area contributed by atoms with E-state index < -0.39 is 212 Å². The number of benzene rings is 2. The van der Waals surface area contributed by atoms with E-state index in [0.29, 0.717) is 41.4 Å². The van der Waals surface area contributed by atoms with E-state index in [1.165, 1.54) is 29.2 Å². The minimum atomic E-state index is -1.74. The molecule has 0 aliphatic carbocycles. The van der Waals surface area contributed by atoms with Crippen LogP contribution in [0.2, 0.25) is 0 Å². The van der Waals surface area contributed by atoms with Crippen LogP contribution in [0.15, 0.2) is 54.7 Å². The maximum absolute atomic E-state index is 14.8. The van der Waals surface area contributed by atoms with Gasteiger partial charge in [-0.2, -0.15) is 0 Å². The number of likely N-dealkylation sites (tertiary alicyclic amines) is 1. The summed E-state index contributed by atoms with van der Waals surface area (Å²) < 4.78 is 0.